The molecule has 1 heterocycles. The number of carbonyl (C=O) groups excluding carboxylic acids is 2. The summed E-state index contributed by atoms with van der Waals surface area (Å²) in [7, 11) is 2.92. The van der Waals surface area contributed by atoms with E-state index in [9.17, 15) is 19.5 Å². The fourth-order valence-corrected chi connectivity index (χ4v) is 3.21. The van der Waals surface area contributed by atoms with E-state index in [1.807, 2.05) is 19.9 Å². The first-order chi connectivity index (χ1) is 14.6. The van der Waals surface area contributed by atoms with Crippen LogP contribution in [0.5, 0.6) is 5.75 Å². The third-order valence-electron chi connectivity index (χ3n) is 5.30. The fraction of sp³-hybridized carbons (Fsp3) is 0.480. The zero-order valence-electron chi connectivity index (χ0n) is 19.5. The first-order valence-electron chi connectivity index (χ1n) is 10.7. The first kappa shape index (κ1) is 26.1. The summed E-state index contributed by atoms with van der Waals surface area (Å²) in [5.41, 5.74) is 1.46. The molecule has 1 N–H and O–H groups in total. The van der Waals surface area contributed by atoms with Gasteiger partial charge in [-0.25, -0.2) is 4.79 Å². The van der Waals surface area contributed by atoms with Crippen LogP contribution in [0.25, 0.3) is 0 Å². The number of hydrogen-bond donors (Lipinski definition) is 1. The maximum atomic E-state index is 12.9. The summed E-state index contributed by atoms with van der Waals surface area (Å²) in [5, 5.41) is 10.5. The van der Waals surface area contributed by atoms with Gasteiger partial charge in [0.2, 0.25) is 0 Å². The first-order valence-corrected chi connectivity index (χ1v) is 10.7. The minimum atomic E-state index is -0.517. The van der Waals surface area contributed by atoms with Crippen LogP contribution < -0.4 is 5.56 Å². The molecule has 1 aromatic heterocycles. The Bertz CT molecular complexity index is 934. The van der Waals surface area contributed by atoms with Gasteiger partial charge in [0.1, 0.15) is 11.3 Å². The Morgan fingerprint density at radius 2 is 1.94 bits per heavy atom. The average Bonchev–Trinajstić information content (AvgIpc) is 2.75. The number of hydrogen-bond acceptors (Lipinski definition) is 5. The van der Waals surface area contributed by atoms with Crippen LogP contribution in [0.2, 0.25) is 0 Å². The van der Waals surface area contributed by atoms with E-state index in [2.05, 4.69) is 11.7 Å². The monoisotopic (exact) mass is 429 g/mol. The van der Waals surface area contributed by atoms with Crippen molar-refractivity contribution in [2.45, 2.75) is 65.7 Å². The van der Waals surface area contributed by atoms with Gasteiger partial charge in [-0.2, -0.15) is 0 Å². The summed E-state index contributed by atoms with van der Waals surface area (Å²) in [4.78, 5) is 36.8. The highest BCUT2D eigenvalue weighted by atomic mass is 16.5. The predicted octanol–water partition coefficient (Wildman–Crippen LogP) is 4.97. The summed E-state index contributed by atoms with van der Waals surface area (Å²) in [6.45, 7) is 7.71. The molecule has 6 heteroatoms. The summed E-state index contributed by atoms with van der Waals surface area (Å²) >= 11 is 0. The van der Waals surface area contributed by atoms with Crippen molar-refractivity contribution in [3.63, 3.8) is 0 Å². The van der Waals surface area contributed by atoms with Gasteiger partial charge in [0, 0.05) is 24.9 Å². The van der Waals surface area contributed by atoms with E-state index in [4.69, 9.17) is 0 Å². The maximum Gasteiger partial charge on any atom is 0.330 e. The Morgan fingerprint density at radius 3 is 2.55 bits per heavy atom. The van der Waals surface area contributed by atoms with Gasteiger partial charge >= 0.3 is 5.97 Å². The predicted molar refractivity (Wildman–Crippen MR) is 124 cm³/mol. The number of nitrogens with zero attached hydrogens (tertiary/aromatic N) is 1. The number of rotatable bonds is 11. The van der Waals surface area contributed by atoms with Crippen molar-refractivity contribution in [2.24, 2.45) is 7.05 Å². The summed E-state index contributed by atoms with van der Waals surface area (Å²) in [5.74, 6) is -1.26. The number of ketones is 1. The van der Waals surface area contributed by atoms with Crippen molar-refractivity contribution in [3.8, 4) is 5.75 Å². The molecule has 0 aliphatic rings. The van der Waals surface area contributed by atoms with Crippen LogP contribution in [-0.4, -0.2) is 28.5 Å². The third-order valence-corrected chi connectivity index (χ3v) is 5.30. The lowest BCUT2D eigenvalue weighted by atomic mass is 9.97. The van der Waals surface area contributed by atoms with Gasteiger partial charge in [0.15, 0.2) is 5.78 Å². The molecule has 0 saturated carbocycles. The zero-order chi connectivity index (χ0) is 23.6. The van der Waals surface area contributed by atoms with E-state index in [0.29, 0.717) is 24.1 Å². The van der Waals surface area contributed by atoms with E-state index in [0.717, 1.165) is 24.8 Å². The van der Waals surface area contributed by atoms with Crippen molar-refractivity contribution in [2.75, 3.05) is 7.11 Å². The molecule has 0 bridgehead atoms. The van der Waals surface area contributed by atoms with Crippen molar-refractivity contribution < 1.29 is 19.4 Å². The number of unbranched alkanes of at least 4 members (excludes halogenated alkanes) is 1. The van der Waals surface area contributed by atoms with Crippen molar-refractivity contribution >= 4 is 11.8 Å². The number of esters is 1. The van der Waals surface area contributed by atoms with E-state index < -0.39 is 17.3 Å². The number of carbonyl (C=O) groups is 2. The molecule has 31 heavy (non-hydrogen) atoms. The van der Waals surface area contributed by atoms with Crippen LogP contribution in [0.15, 0.2) is 46.3 Å². The molecule has 0 aliphatic carbocycles. The highest BCUT2D eigenvalue weighted by Crippen LogP contribution is 2.25. The Hall–Kier alpha value is -2.89. The lowest BCUT2D eigenvalue weighted by Crippen LogP contribution is -2.28. The SMILES string of the molecule is CCCC/C(C)=C/C=C(\C)C(=O)c1c(O)cc(C(C)CC/C=C/C(=O)OC)n(C)c1=O. The van der Waals surface area contributed by atoms with Gasteiger partial charge in [-0.3, -0.25) is 9.59 Å². The lowest BCUT2D eigenvalue weighted by Gasteiger charge is -2.17. The van der Waals surface area contributed by atoms with Crippen LogP contribution >= 0.6 is 0 Å². The van der Waals surface area contributed by atoms with Gasteiger partial charge in [-0.15, -0.1) is 0 Å². The van der Waals surface area contributed by atoms with Crippen LogP contribution in [-0.2, 0) is 16.6 Å². The van der Waals surface area contributed by atoms with Gasteiger partial charge in [0.25, 0.3) is 5.56 Å². The normalized spacial score (nSPS) is 13.5. The summed E-state index contributed by atoms with van der Waals surface area (Å²) < 4.78 is 5.96. The Kier molecular flexibility index (Phi) is 10.7. The molecule has 1 atom stereocenters. The molecule has 1 unspecified atom stereocenters. The van der Waals surface area contributed by atoms with Crippen molar-refractivity contribution in [1.82, 2.24) is 4.57 Å². The molecule has 0 radical (unpaired) electrons. The Balaban J connectivity index is 3.07. The smallest absolute Gasteiger partial charge is 0.330 e. The molecule has 0 amide bonds. The molecule has 1 aromatic rings. The van der Waals surface area contributed by atoms with Crippen molar-refractivity contribution in [1.29, 1.82) is 0 Å². The van der Waals surface area contributed by atoms with Crippen LogP contribution in [0.4, 0.5) is 0 Å². The van der Waals surface area contributed by atoms with Gasteiger partial charge < -0.3 is 14.4 Å². The molecule has 0 saturated heterocycles. The van der Waals surface area contributed by atoms with Gasteiger partial charge in [0.05, 0.1) is 7.11 Å². The number of Topliss-reactive ketones (excluding diaryl/α,β-unsaturated/α-hetero) is 1. The molecule has 170 valence electrons. The Morgan fingerprint density at radius 1 is 1.26 bits per heavy atom. The van der Waals surface area contributed by atoms with E-state index >= 15 is 0 Å². The maximum absolute atomic E-state index is 12.9. The quantitative estimate of drug-likeness (QED) is 0.232. The molecule has 0 aromatic carbocycles. The Labute approximate surface area is 184 Å². The largest absolute Gasteiger partial charge is 0.507 e. The number of allylic oxidation sites excluding steroid dienone is 5. The second-order valence-electron chi connectivity index (χ2n) is 7.89. The topological polar surface area (TPSA) is 85.6 Å². The number of pyridine rings is 1. The number of methoxy groups -OCH3 is 1. The number of aromatic hydroxyl groups is 1. The number of aromatic nitrogens is 1. The highest BCUT2D eigenvalue weighted by molar-refractivity contribution is 6.09. The molecular formula is C25H35NO5. The highest BCUT2D eigenvalue weighted by Gasteiger charge is 2.22. The minimum absolute atomic E-state index is 0.0594. The molecule has 1 rings (SSSR count). The molecule has 0 aliphatic heterocycles. The molecular weight excluding hydrogens is 394 g/mol. The van der Waals surface area contributed by atoms with Crippen molar-refractivity contribution in [3.05, 3.63) is 63.1 Å². The zero-order valence-corrected chi connectivity index (χ0v) is 19.5. The standard InChI is InChI=1S/C25H35NO5/c1-7-8-11-17(2)14-15-19(4)24(29)23-21(27)16-20(26(5)25(23)30)18(3)12-9-10-13-22(28)31-6/h10,13-16,18,27H,7-9,11-12H2,1-6H3/b13-10+,17-14+,19-15+. The average molecular weight is 430 g/mol. The second-order valence-corrected chi connectivity index (χ2v) is 7.89. The van der Waals surface area contributed by atoms with E-state index in [1.54, 1.807) is 26.1 Å². The lowest BCUT2D eigenvalue weighted by molar-refractivity contribution is -0.134. The molecule has 6 nitrogen and oxygen atoms in total. The van der Waals surface area contributed by atoms with E-state index in [1.165, 1.54) is 23.8 Å². The molecule has 0 spiro atoms. The summed E-state index contributed by atoms with van der Waals surface area (Å²) in [6.07, 6.45) is 11.1. The van der Waals surface area contributed by atoms with Crippen LogP contribution in [0, 0.1) is 0 Å². The summed E-state index contributed by atoms with van der Waals surface area (Å²) in [6, 6.07) is 1.49. The minimum Gasteiger partial charge on any atom is -0.507 e. The van der Waals surface area contributed by atoms with Crippen LogP contribution in [0.1, 0.15) is 81.8 Å². The fourth-order valence-electron chi connectivity index (χ4n) is 3.21. The third kappa shape index (κ3) is 7.70. The number of ether oxygens (including phenoxy) is 1. The molecule has 0 fully saturated rings. The van der Waals surface area contributed by atoms with Crippen LogP contribution in [0.3, 0.4) is 0 Å². The van der Waals surface area contributed by atoms with E-state index in [-0.39, 0.29) is 17.2 Å². The van der Waals surface area contributed by atoms with Gasteiger partial charge in [-0.05, 0) is 51.0 Å². The van der Waals surface area contributed by atoms with Gasteiger partial charge in [-0.1, -0.05) is 44.1 Å². The second kappa shape index (κ2) is 12.7.